The predicted octanol–water partition coefficient (Wildman–Crippen LogP) is 4.35. The fourth-order valence-electron chi connectivity index (χ4n) is 3.89. The molecule has 0 bridgehead atoms. The Morgan fingerprint density at radius 1 is 0.933 bits per heavy atom. The van der Waals surface area contributed by atoms with Crippen molar-refractivity contribution in [2.24, 2.45) is 0 Å². The second-order valence-electron chi connectivity index (χ2n) is 8.10. The van der Waals surface area contributed by atoms with Gasteiger partial charge in [0, 0.05) is 38.8 Å². The van der Waals surface area contributed by atoms with Gasteiger partial charge in [0.2, 0.25) is 0 Å². The highest BCUT2D eigenvalue weighted by molar-refractivity contribution is 5.96. The third kappa shape index (κ3) is 7.15. The third-order valence-corrected chi connectivity index (χ3v) is 5.70. The van der Waals surface area contributed by atoms with Crippen molar-refractivity contribution in [3.63, 3.8) is 0 Å². The van der Waals surface area contributed by atoms with Crippen molar-refractivity contribution in [2.45, 2.75) is 39.2 Å². The number of benzene rings is 2. The summed E-state index contributed by atoms with van der Waals surface area (Å²) in [5, 5.41) is 9.84. The first-order valence-corrected chi connectivity index (χ1v) is 11.1. The smallest absolute Gasteiger partial charge is 0.163 e. The highest BCUT2D eigenvalue weighted by Crippen LogP contribution is 2.24. The number of nitrogens with zero attached hydrogens (tertiary/aromatic N) is 2. The molecule has 162 valence electrons. The molecule has 1 aliphatic rings. The number of hydrogen-bond acceptors (Lipinski definition) is 5. The zero-order chi connectivity index (χ0) is 21.2. The quantitative estimate of drug-likeness (QED) is 0.441. The fraction of sp³-hybridized carbons (Fsp3) is 0.480. The lowest BCUT2D eigenvalue weighted by Gasteiger charge is -2.34. The minimum Gasteiger partial charge on any atom is -0.507 e. The Morgan fingerprint density at radius 3 is 2.33 bits per heavy atom. The average Bonchev–Trinajstić information content (AvgIpc) is 2.75. The number of piperazine rings is 1. The molecule has 0 aliphatic carbocycles. The minimum absolute atomic E-state index is 0.0103. The highest BCUT2D eigenvalue weighted by atomic mass is 16.5. The fourth-order valence-corrected chi connectivity index (χ4v) is 3.89. The van der Waals surface area contributed by atoms with Crippen LogP contribution in [-0.2, 0) is 6.54 Å². The minimum atomic E-state index is -0.142. The molecule has 0 aromatic heterocycles. The van der Waals surface area contributed by atoms with Crippen molar-refractivity contribution in [1.29, 1.82) is 0 Å². The maximum atomic E-state index is 11.3. The van der Waals surface area contributed by atoms with Crippen molar-refractivity contribution in [3.8, 4) is 11.5 Å². The summed E-state index contributed by atoms with van der Waals surface area (Å²) in [5.74, 6) is 0.464. The van der Waals surface area contributed by atoms with Crippen LogP contribution in [0.25, 0.3) is 0 Å². The van der Waals surface area contributed by atoms with Crippen LogP contribution in [0.3, 0.4) is 0 Å². The number of aromatic hydroxyl groups is 1. The van der Waals surface area contributed by atoms with Crippen LogP contribution in [0.1, 0.15) is 48.5 Å². The Bertz CT molecular complexity index is 786. The normalized spacial score (nSPS) is 15.2. The van der Waals surface area contributed by atoms with Gasteiger partial charge in [-0.25, -0.2) is 0 Å². The Balaban J connectivity index is 1.22. The van der Waals surface area contributed by atoms with Crippen LogP contribution in [0.15, 0.2) is 48.5 Å². The van der Waals surface area contributed by atoms with Gasteiger partial charge in [-0.05, 0) is 44.0 Å². The van der Waals surface area contributed by atoms with Crippen LogP contribution in [0.4, 0.5) is 0 Å². The summed E-state index contributed by atoms with van der Waals surface area (Å²) in [7, 11) is 0. The molecule has 0 radical (unpaired) electrons. The van der Waals surface area contributed by atoms with Crippen LogP contribution in [0.5, 0.6) is 11.5 Å². The molecular formula is C25H34N2O3. The molecule has 2 aromatic carbocycles. The SMILES string of the molecule is CC(=O)c1ccc(OCCCCCCN2CCN(Cc3ccccc3)CC2)cc1O. The molecule has 0 atom stereocenters. The molecule has 0 unspecified atom stereocenters. The summed E-state index contributed by atoms with van der Waals surface area (Å²) in [6.07, 6.45) is 4.58. The van der Waals surface area contributed by atoms with Gasteiger partial charge < -0.3 is 14.7 Å². The first-order valence-electron chi connectivity index (χ1n) is 11.1. The molecule has 0 saturated carbocycles. The van der Waals surface area contributed by atoms with Gasteiger partial charge in [-0.1, -0.05) is 43.2 Å². The van der Waals surface area contributed by atoms with Gasteiger partial charge in [0.15, 0.2) is 5.78 Å². The third-order valence-electron chi connectivity index (χ3n) is 5.70. The first kappa shape index (κ1) is 22.3. The van der Waals surface area contributed by atoms with Gasteiger partial charge >= 0.3 is 0 Å². The average molecular weight is 411 g/mol. The lowest BCUT2D eigenvalue weighted by Crippen LogP contribution is -2.46. The molecule has 5 nitrogen and oxygen atoms in total. The molecular weight excluding hydrogens is 376 g/mol. The lowest BCUT2D eigenvalue weighted by atomic mass is 10.1. The molecule has 1 heterocycles. The number of ether oxygens (including phenoxy) is 1. The van der Waals surface area contributed by atoms with Crippen molar-refractivity contribution in [2.75, 3.05) is 39.3 Å². The van der Waals surface area contributed by atoms with E-state index in [9.17, 15) is 9.90 Å². The standard InChI is InChI=1S/C25H34N2O3/c1-21(28)24-12-11-23(19-25(24)29)30-18-8-3-2-7-13-26-14-16-27(17-15-26)20-22-9-5-4-6-10-22/h4-6,9-12,19,29H,2-3,7-8,13-18,20H2,1H3. The number of carbonyl (C=O) groups excluding carboxylic acids is 1. The number of hydrogen-bond donors (Lipinski definition) is 1. The number of ketones is 1. The van der Waals surface area contributed by atoms with Crippen molar-refractivity contribution in [1.82, 2.24) is 9.80 Å². The molecule has 0 amide bonds. The number of unbranched alkanes of at least 4 members (excludes halogenated alkanes) is 3. The zero-order valence-electron chi connectivity index (χ0n) is 18.1. The van der Waals surface area contributed by atoms with Gasteiger partial charge in [-0.3, -0.25) is 9.69 Å². The van der Waals surface area contributed by atoms with Crippen LogP contribution >= 0.6 is 0 Å². The molecule has 1 aliphatic heterocycles. The highest BCUT2D eigenvalue weighted by Gasteiger charge is 2.16. The largest absolute Gasteiger partial charge is 0.507 e. The van der Waals surface area contributed by atoms with E-state index in [0.717, 1.165) is 45.6 Å². The van der Waals surface area contributed by atoms with E-state index in [-0.39, 0.29) is 11.5 Å². The van der Waals surface area contributed by atoms with Gasteiger partial charge in [0.1, 0.15) is 11.5 Å². The van der Waals surface area contributed by atoms with Gasteiger partial charge in [0.05, 0.1) is 12.2 Å². The number of carbonyl (C=O) groups is 1. The van der Waals surface area contributed by atoms with Gasteiger partial charge in [0.25, 0.3) is 0 Å². The van der Waals surface area contributed by atoms with Crippen molar-refractivity contribution < 1.29 is 14.6 Å². The van der Waals surface area contributed by atoms with E-state index in [4.69, 9.17) is 4.74 Å². The molecule has 30 heavy (non-hydrogen) atoms. The van der Waals surface area contributed by atoms with Crippen molar-refractivity contribution >= 4 is 5.78 Å². The van der Waals surface area contributed by atoms with Crippen LogP contribution in [0, 0.1) is 0 Å². The second-order valence-corrected chi connectivity index (χ2v) is 8.10. The summed E-state index contributed by atoms with van der Waals surface area (Å²) in [4.78, 5) is 16.5. The molecule has 1 saturated heterocycles. The first-order chi connectivity index (χ1) is 14.6. The molecule has 1 fully saturated rings. The topological polar surface area (TPSA) is 53.0 Å². The van der Waals surface area contributed by atoms with E-state index in [1.165, 1.54) is 37.9 Å². The second kappa shape index (κ2) is 11.7. The number of phenols is 1. The summed E-state index contributed by atoms with van der Waals surface area (Å²) < 4.78 is 5.69. The Labute approximate surface area is 180 Å². The Morgan fingerprint density at radius 2 is 1.63 bits per heavy atom. The van der Waals surface area contributed by atoms with E-state index in [0.29, 0.717) is 17.9 Å². The molecule has 0 spiro atoms. The van der Waals surface area contributed by atoms with Crippen LogP contribution < -0.4 is 4.74 Å². The van der Waals surface area contributed by atoms with E-state index in [1.807, 2.05) is 0 Å². The summed E-state index contributed by atoms with van der Waals surface area (Å²) in [6.45, 7) is 8.95. The maximum absolute atomic E-state index is 11.3. The van der Waals surface area contributed by atoms with E-state index >= 15 is 0 Å². The summed E-state index contributed by atoms with van der Waals surface area (Å²) in [5.41, 5.74) is 1.74. The number of rotatable bonds is 11. The Kier molecular flexibility index (Phi) is 8.72. The molecule has 1 N–H and O–H groups in total. The van der Waals surface area contributed by atoms with E-state index in [2.05, 4.69) is 40.1 Å². The summed E-state index contributed by atoms with van der Waals surface area (Å²) >= 11 is 0. The molecule has 2 aromatic rings. The number of Topliss-reactive ketones (excluding diaryl/α,β-unsaturated/α-hetero) is 1. The van der Waals surface area contributed by atoms with Crippen LogP contribution in [0.2, 0.25) is 0 Å². The van der Waals surface area contributed by atoms with Crippen molar-refractivity contribution in [3.05, 3.63) is 59.7 Å². The van der Waals surface area contributed by atoms with Gasteiger partial charge in [-0.15, -0.1) is 0 Å². The molecule has 3 rings (SSSR count). The predicted molar refractivity (Wildman–Crippen MR) is 120 cm³/mol. The monoisotopic (exact) mass is 410 g/mol. The number of phenolic OH excluding ortho intramolecular Hbond substituents is 1. The Hall–Kier alpha value is -2.37. The maximum Gasteiger partial charge on any atom is 0.163 e. The van der Waals surface area contributed by atoms with Gasteiger partial charge in [-0.2, -0.15) is 0 Å². The zero-order valence-corrected chi connectivity index (χ0v) is 18.1. The summed E-state index contributed by atoms with van der Waals surface area (Å²) in [6, 6.07) is 15.6. The molecule has 5 heteroatoms. The van der Waals surface area contributed by atoms with E-state index in [1.54, 1.807) is 12.1 Å². The van der Waals surface area contributed by atoms with Crippen LogP contribution in [-0.4, -0.2) is 60.0 Å². The lowest BCUT2D eigenvalue weighted by molar-refractivity contribution is 0.101. The van der Waals surface area contributed by atoms with E-state index < -0.39 is 0 Å².